The number of ether oxygens (including phenoxy) is 2. The molecule has 4 heterocycles. The van der Waals surface area contributed by atoms with Crippen molar-refractivity contribution < 1.29 is 60.0 Å². The molecule has 3 fully saturated rings. The summed E-state index contributed by atoms with van der Waals surface area (Å²) in [5.74, 6) is -2.93. The molecule has 1 aromatic heterocycles. The lowest BCUT2D eigenvalue weighted by Gasteiger charge is -2.42. The maximum absolute atomic E-state index is 10.6. The Bertz CT molecular complexity index is 872. The van der Waals surface area contributed by atoms with E-state index in [9.17, 15) is 26.3 Å². The molecule has 1 aromatic rings. The molecule has 0 amide bonds. The number of halogens is 6. The Morgan fingerprint density at radius 1 is 1.02 bits per heavy atom. The van der Waals surface area contributed by atoms with Crippen LogP contribution in [-0.4, -0.2) is 104 Å². The predicted octanol–water partition coefficient (Wildman–Crippen LogP) is 4.13. The van der Waals surface area contributed by atoms with Crippen molar-refractivity contribution >= 4 is 11.9 Å². The lowest BCUT2D eigenvalue weighted by atomic mass is 9.71. The van der Waals surface area contributed by atoms with Gasteiger partial charge in [0, 0.05) is 45.9 Å². The number of likely N-dealkylation sites (tertiary alicyclic amines) is 2. The number of hydrogen-bond donors (Lipinski definition) is 2. The summed E-state index contributed by atoms with van der Waals surface area (Å²) in [6, 6.07) is 4.07. The molecule has 40 heavy (non-hydrogen) atoms. The van der Waals surface area contributed by atoms with Gasteiger partial charge in [-0.1, -0.05) is 0 Å². The zero-order chi connectivity index (χ0) is 30.0. The number of methoxy groups -OCH3 is 1. The summed E-state index contributed by atoms with van der Waals surface area (Å²) in [4.78, 5) is 23.1. The van der Waals surface area contributed by atoms with Crippen molar-refractivity contribution in [2.24, 2.45) is 17.3 Å². The Labute approximate surface area is 228 Å². The zero-order valence-electron chi connectivity index (χ0n) is 22.2. The Morgan fingerprint density at radius 3 is 2.02 bits per heavy atom. The van der Waals surface area contributed by atoms with Crippen molar-refractivity contribution in [3.63, 3.8) is 0 Å². The van der Waals surface area contributed by atoms with Gasteiger partial charge < -0.3 is 29.0 Å². The van der Waals surface area contributed by atoms with Gasteiger partial charge in [-0.15, -0.1) is 0 Å². The Hall–Kier alpha value is -2.36. The summed E-state index contributed by atoms with van der Waals surface area (Å²) in [5, 5.41) is 14.2. The highest BCUT2D eigenvalue weighted by Crippen LogP contribution is 2.45. The molecule has 230 valence electrons. The van der Waals surface area contributed by atoms with E-state index in [4.69, 9.17) is 33.7 Å². The van der Waals surface area contributed by atoms with E-state index in [0.717, 1.165) is 38.0 Å². The lowest BCUT2D eigenvalue weighted by Crippen LogP contribution is -2.45. The van der Waals surface area contributed by atoms with Crippen LogP contribution >= 0.6 is 0 Å². The average Bonchev–Trinajstić information content (AvgIpc) is 3.49. The fraction of sp³-hybridized carbons (Fsp3) is 0.760. The predicted molar refractivity (Wildman–Crippen MR) is 128 cm³/mol. The molecule has 3 aliphatic heterocycles. The Morgan fingerprint density at radius 2 is 1.57 bits per heavy atom. The maximum Gasteiger partial charge on any atom is 0.490 e. The molecule has 4 rings (SSSR count). The number of carboxylic acids is 2. The van der Waals surface area contributed by atoms with E-state index in [1.807, 2.05) is 13.2 Å². The number of carbonyl (C=O) groups is 2. The molecule has 1 unspecified atom stereocenters. The zero-order valence-corrected chi connectivity index (χ0v) is 22.2. The minimum absolute atomic E-state index is 0.445. The molecular formula is C25H36F6N2O7. The second-order valence-corrected chi connectivity index (χ2v) is 10.2. The van der Waals surface area contributed by atoms with Crippen molar-refractivity contribution in [3.05, 3.63) is 24.2 Å². The van der Waals surface area contributed by atoms with E-state index in [2.05, 4.69) is 15.9 Å². The Balaban J connectivity index is 0.000000333. The number of alkyl halides is 6. The van der Waals surface area contributed by atoms with Gasteiger partial charge in [-0.05, 0) is 62.2 Å². The van der Waals surface area contributed by atoms with Crippen molar-refractivity contribution in [1.29, 1.82) is 0 Å². The number of furan rings is 1. The summed E-state index contributed by atoms with van der Waals surface area (Å²) in [6.45, 7) is 9.82. The molecule has 3 saturated heterocycles. The second kappa shape index (κ2) is 15.0. The smallest absolute Gasteiger partial charge is 0.475 e. The molecule has 2 N–H and O–H groups in total. The molecule has 1 atom stereocenters. The summed E-state index contributed by atoms with van der Waals surface area (Å²) in [5.41, 5.74) is 0.445. The molecule has 0 aromatic carbocycles. The van der Waals surface area contributed by atoms with Gasteiger partial charge in [-0.3, -0.25) is 4.90 Å². The van der Waals surface area contributed by atoms with Crippen LogP contribution in [0.1, 0.15) is 31.4 Å². The summed E-state index contributed by atoms with van der Waals surface area (Å²) in [6.07, 6.45) is -3.36. The molecule has 15 heteroatoms. The van der Waals surface area contributed by atoms with Crippen LogP contribution in [0, 0.1) is 17.3 Å². The average molecular weight is 591 g/mol. The Kier molecular flexibility index (Phi) is 12.7. The number of rotatable bonds is 6. The molecule has 0 saturated carbocycles. The minimum Gasteiger partial charge on any atom is -0.475 e. The third-order valence-electron chi connectivity index (χ3n) is 7.40. The molecule has 1 spiro atoms. The highest BCUT2D eigenvalue weighted by atomic mass is 19.4. The van der Waals surface area contributed by atoms with E-state index in [0.29, 0.717) is 11.3 Å². The highest BCUT2D eigenvalue weighted by Gasteiger charge is 2.48. The molecule has 0 aliphatic carbocycles. The molecule has 9 nitrogen and oxygen atoms in total. The van der Waals surface area contributed by atoms with Crippen molar-refractivity contribution in [2.45, 2.75) is 44.6 Å². The third-order valence-corrected chi connectivity index (χ3v) is 7.40. The molecule has 3 aliphatic rings. The summed E-state index contributed by atoms with van der Waals surface area (Å²) < 4.78 is 80.2. The molecular weight excluding hydrogens is 554 g/mol. The normalized spacial score (nSPS) is 22.2. The van der Waals surface area contributed by atoms with Crippen molar-refractivity contribution in [2.75, 3.05) is 59.7 Å². The van der Waals surface area contributed by atoms with Crippen molar-refractivity contribution in [1.82, 2.24) is 9.80 Å². The first kappa shape index (κ1) is 33.8. The van der Waals surface area contributed by atoms with Crippen molar-refractivity contribution in [3.8, 4) is 0 Å². The maximum atomic E-state index is 10.6. The summed E-state index contributed by atoms with van der Waals surface area (Å²) in [7, 11) is 1.86. The van der Waals surface area contributed by atoms with Gasteiger partial charge in [-0.2, -0.15) is 26.3 Å². The second-order valence-electron chi connectivity index (χ2n) is 10.2. The van der Waals surface area contributed by atoms with Crippen LogP contribution in [-0.2, 0) is 25.6 Å². The van der Waals surface area contributed by atoms with Crippen LogP contribution in [0.3, 0.4) is 0 Å². The highest BCUT2D eigenvalue weighted by molar-refractivity contribution is 5.73. The third kappa shape index (κ3) is 10.9. The molecule has 0 bridgehead atoms. The van der Waals surface area contributed by atoms with E-state index in [1.165, 1.54) is 58.4 Å². The van der Waals surface area contributed by atoms with Gasteiger partial charge in [0.05, 0.1) is 19.4 Å². The van der Waals surface area contributed by atoms with Gasteiger partial charge in [0.1, 0.15) is 5.76 Å². The number of hydrogen-bond acceptors (Lipinski definition) is 7. The minimum atomic E-state index is -5.08. The first-order valence-corrected chi connectivity index (χ1v) is 12.8. The van der Waals surface area contributed by atoms with E-state index in [1.54, 1.807) is 6.26 Å². The van der Waals surface area contributed by atoms with Gasteiger partial charge in [0.25, 0.3) is 0 Å². The standard InChI is InChI=1S/C21H34N2O3.2C2HF3O2/c1-24-16-19-14-23(13-18-4-11-25-12-5-18)17-21(19)6-8-22(9-7-21)15-20-3-2-10-26-20;2*3-2(4,5)1(6)7/h2-3,10,18-19H,4-9,11-17H2,1H3;2*(H,6,7). The fourth-order valence-electron chi connectivity index (χ4n) is 5.35. The summed E-state index contributed by atoms with van der Waals surface area (Å²) >= 11 is 0. The number of piperidine rings is 1. The largest absolute Gasteiger partial charge is 0.490 e. The van der Waals surface area contributed by atoms with Crippen LogP contribution in [0.4, 0.5) is 26.3 Å². The number of aliphatic carboxylic acids is 2. The van der Waals surface area contributed by atoms with Crippen LogP contribution in [0.25, 0.3) is 0 Å². The van der Waals surface area contributed by atoms with Crippen LogP contribution in [0.15, 0.2) is 22.8 Å². The first-order valence-electron chi connectivity index (χ1n) is 12.8. The topological polar surface area (TPSA) is 113 Å². The van der Waals surface area contributed by atoms with Crippen LogP contribution in [0.2, 0.25) is 0 Å². The van der Waals surface area contributed by atoms with E-state index in [-0.39, 0.29) is 0 Å². The van der Waals surface area contributed by atoms with Crippen LogP contribution in [0.5, 0.6) is 0 Å². The monoisotopic (exact) mass is 590 g/mol. The van der Waals surface area contributed by atoms with E-state index < -0.39 is 24.3 Å². The van der Waals surface area contributed by atoms with Crippen LogP contribution < -0.4 is 0 Å². The van der Waals surface area contributed by atoms with Gasteiger partial charge in [0.15, 0.2) is 0 Å². The fourth-order valence-corrected chi connectivity index (χ4v) is 5.35. The molecule has 0 radical (unpaired) electrons. The van der Waals surface area contributed by atoms with E-state index >= 15 is 0 Å². The van der Waals surface area contributed by atoms with Gasteiger partial charge >= 0.3 is 24.3 Å². The lowest BCUT2D eigenvalue weighted by molar-refractivity contribution is -0.193. The number of nitrogens with zero attached hydrogens (tertiary/aromatic N) is 2. The number of carboxylic acid groups (broad SMARTS) is 2. The quantitative estimate of drug-likeness (QED) is 0.473. The first-order chi connectivity index (χ1) is 18.7. The van der Waals surface area contributed by atoms with Gasteiger partial charge in [-0.25, -0.2) is 9.59 Å². The SMILES string of the molecule is COCC1CN(CC2CCOCC2)CC12CCN(Cc1ccco1)CC2.O=C(O)C(F)(F)F.O=C(O)C(F)(F)F. The van der Waals surface area contributed by atoms with Gasteiger partial charge in [0.2, 0.25) is 0 Å².